The molecule has 9 heteroatoms. The van der Waals surface area contributed by atoms with Crippen LogP contribution in [-0.4, -0.2) is 62.4 Å². The molecule has 0 unspecified atom stereocenters. The fraction of sp³-hybridized carbons (Fsp3) is 0.368. The zero-order valence-electron chi connectivity index (χ0n) is 15.2. The minimum Gasteiger partial charge on any atom is -0.497 e. The maximum absolute atomic E-state index is 12.6. The summed E-state index contributed by atoms with van der Waals surface area (Å²) in [7, 11) is -1.87. The smallest absolute Gasteiger partial charge is 0.289 e. The van der Waals surface area contributed by atoms with Crippen LogP contribution in [0.2, 0.25) is 0 Å². The molecule has 8 nitrogen and oxygen atoms in total. The number of nitrogens with one attached hydrogen (secondary N) is 1. The molecule has 28 heavy (non-hydrogen) atoms. The summed E-state index contributed by atoms with van der Waals surface area (Å²) in [4.78, 5) is 26.5. The Kier molecular flexibility index (Phi) is 4.62. The summed E-state index contributed by atoms with van der Waals surface area (Å²) in [6.07, 6.45) is 1.40. The lowest BCUT2D eigenvalue weighted by atomic mass is 10.00. The van der Waals surface area contributed by atoms with Crippen LogP contribution in [0, 0.1) is 5.92 Å². The number of sulfone groups is 1. The van der Waals surface area contributed by atoms with Gasteiger partial charge in [-0.05, 0) is 36.4 Å². The lowest BCUT2D eigenvalue weighted by molar-refractivity contribution is 0.0752. The second-order valence-electron chi connectivity index (χ2n) is 7.03. The molecule has 3 heterocycles. The highest BCUT2D eigenvalue weighted by atomic mass is 32.2. The molecule has 148 valence electrons. The zero-order valence-corrected chi connectivity index (χ0v) is 16.0. The number of likely N-dealkylation sites (tertiary alicyclic amines) is 1. The van der Waals surface area contributed by atoms with E-state index in [4.69, 9.17) is 9.15 Å². The van der Waals surface area contributed by atoms with Crippen molar-refractivity contribution in [3.05, 3.63) is 54.0 Å². The first-order valence-corrected chi connectivity index (χ1v) is 10.6. The first-order chi connectivity index (χ1) is 13.4. The highest BCUT2D eigenvalue weighted by Gasteiger charge is 2.53. The number of methoxy groups -OCH3 is 1. The summed E-state index contributed by atoms with van der Waals surface area (Å²) >= 11 is 0. The number of fused-ring (bicyclic) bond motifs is 1. The van der Waals surface area contributed by atoms with Crippen molar-refractivity contribution in [1.82, 2.24) is 10.2 Å². The Morgan fingerprint density at radius 3 is 2.57 bits per heavy atom. The van der Waals surface area contributed by atoms with Gasteiger partial charge in [0.05, 0.1) is 24.4 Å². The first kappa shape index (κ1) is 18.5. The van der Waals surface area contributed by atoms with Crippen molar-refractivity contribution in [3.8, 4) is 5.75 Å². The van der Waals surface area contributed by atoms with Gasteiger partial charge in [-0.1, -0.05) is 0 Å². The van der Waals surface area contributed by atoms with Gasteiger partial charge in [-0.3, -0.25) is 9.59 Å². The van der Waals surface area contributed by atoms with Gasteiger partial charge in [0.25, 0.3) is 11.8 Å². The van der Waals surface area contributed by atoms with Crippen molar-refractivity contribution in [2.75, 3.05) is 26.0 Å². The molecule has 0 spiro atoms. The Balaban J connectivity index is 1.49. The summed E-state index contributed by atoms with van der Waals surface area (Å²) in [5.41, 5.74) is 0.420. The van der Waals surface area contributed by atoms with Gasteiger partial charge in [-0.2, -0.15) is 0 Å². The average Bonchev–Trinajstić information content (AvgIpc) is 3.40. The molecule has 2 aliphatic heterocycles. The number of rotatable bonds is 4. The van der Waals surface area contributed by atoms with Crippen LogP contribution < -0.4 is 10.1 Å². The van der Waals surface area contributed by atoms with Gasteiger partial charge in [-0.15, -0.1) is 0 Å². The van der Waals surface area contributed by atoms with Gasteiger partial charge in [0.15, 0.2) is 15.6 Å². The molecule has 1 aromatic heterocycles. The molecule has 2 saturated heterocycles. The fourth-order valence-corrected chi connectivity index (χ4v) is 6.22. The molecule has 2 aromatic rings. The number of benzene rings is 1. The predicted octanol–water partition coefficient (Wildman–Crippen LogP) is 0.956. The topological polar surface area (TPSA) is 106 Å². The standard InChI is InChI=1S/C19H20N2O6S/c1-26-13-6-4-12(5-7-13)18(22)20-15-11-28(24,25)17-10-21(9-14(15)17)19(23)16-3-2-8-27-16/h2-8,14-15,17H,9-11H2,1H3,(H,20,22)/t14-,15-,17-/m0/s1. The Morgan fingerprint density at radius 1 is 1.18 bits per heavy atom. The molecular formula is C19H20N2O6S. The summed E-state index contributed by atoms with van der Waals surface area (Å²) in [5.74, 6) is -0.341. The number of hydrogen-bond donors (Lipinski definition) is 1. The van der Waals surface area contributed by atoms with E-state index in [2.05, 4.69) is 5.32 Å². The monoisotopic (exact) mass is 404 g/mol. The van der Waals surface area contributed by atoms with E-state index < -0.39 is 21.1 Å². The molecule has 3 atom stereocenters. The maximum atomic E-state index is 12.6. The quantitative estimate of drug-likeness (QED) is 0.814. The molecule has 2 amide bonds. The molecule has 2 fully saturated rings. The second kappa shape index (κ2) is 6.97. The summed E-state index contributed by atoms with van der Waals surface area (Å²) < 4.78 is 35.4. The van der Waals surface area contributed by atoms with Crippen LogP contribution in [0.5, 0.6) is 5.75 Å². The Hall–Kier alpha value is -2.81. The van der Waals surface area contributed by atoms with Crippen molar-refractivity contribution < 1.29 is 27.2 Å². The van der Waals surface area contributed by atoms with Crippen LogP contribution in [0.3, 0.4) is 0 Å². The molecular weight excluding hydrogens is 384 g/mol. The number of ether oxygens (including phenoxy) is 1. The van der Waals surface area contributed by atoms with Crippen molar-refractivity contribution in [1.29, 1.82) is 0 Å². The fourth-order valence-electron chi connectivity index (χ4n) is 3.93. The van der Waals surface area contributed by atoms with Crippen LogP contribution in [0.1, 0.15) is 20.9 Å². The van der Waals surface area contributed by atoms with E-state index in [-0.39, 0.29) is 42.3 Å². The third-order valence-corrected chi connectivity index (χ3v) is 7.63. The minimum absolute atomic E-state index is 0.113. The molecule has 0 saturated carbocycles. The van der Waals surface area contributed by atoms with Crippen LogP contribution >= 0.6 is 0 Å². The van der Waals surface area contributed by atoms with Crippen molar-refractivity contribution in [3.63, 3.8) is 0 Å². The third kappa shape index (κ3) is 3.26. The second-order valence-corrected chi connectivity index (χ2v) is 9.29. The van der Waals surface area contributed by atoms with Crippen molar-refractivity contribution >= 4 is 21.7 Å². The third-order valence-electron chi connectivity index (χ3n) is 5.39. The molecule has 0 bridgehead atoms. The van der Waals surface area contributed by atoms with E-state index in [1.807, 2.05) is 0 Å². The number of hydrogen-bond acceptors (Lipinski definition) is 6. The van der Waals surface area contributed by atoms with Gasteiger partial charge < -0.3 is 19.4 Å². The van der Waals surface area contributed by atoms with Crippen LogP contribution in [0.15, 0.2) is 47.1 Å². The normalized spacial score (nSPS) is 25.3. The lowest BCUT2D eigenvalue weighted by Gasteiger charge is -2.20. The number of nitrogens with zero attached hydrogens (tertiary/aromatic N) is 1. The van der Waals surface area contributed by atoms with Gasteiger partial charge >= 0.3 is 0 Å². The highest BCUT2D eigenvalue weighted by Crippen LogP contribution is 2.35. The maximum Gasteiger partial charge on any atom is 0.289 e. The number of amides is 2. The highest BCUT2D eigenvalue weighted by molar-refractivity contribution is 7.92. The Bertz CT molecular complexity index is 984. The largest absolute Gasteiger partial charge is 0.497 e. The molecule has 1 aromatic carbocycles. The molecule has 1 N–H and O–H groups in total. The van der Waals surface area contributed by atoms with Gasteiger partial charge in [0, 0.05) is 30.6 Å². The van der Waals surface area contributed by atoms with Gasteiger partial charge in [0.1, 0.15) is 5.75 Å². The average molecular weight is 404 g/mol. The summed E-state index contributed by atoms with van der Waals surface area (Å²) in [6.45, 7) is 0.373. The van der Waals surface area contributed by atoms with Gasteiger partial charge in [0.2, 0.25) is 0 Å². The zero-order chi connectivity index (χ0) is 19.9. The summed E-state index contributed by atoms with van der Waals surface area (Å²) in [6, 6.07) is 9.20. The SMILES string of the molecule is COc1ccc(C(=O)N[C@H]2CS(=O)(=O)[C@H]3CN(C(=O)c4ccco4)C[C@@H]23)cc1. The van der Waals surface area contributed by atoms with E-state index in [0.717, 1.165) is 0 Å². The Morgan fingerprint density at radius 2 is 1.93 bits per heavy atom. The Labute approximate surface area is 162 Å². The van der Waals surface area contributed by atoms with Crippen molar-refractivity contribution in [2.45, 2.75) is 11.3 Å². The molecule has 0 aliphatic carbocycles. The number of carbonyl (C=O) groups excluding carboxylic acids is 2. The van der Waals surface area contributed by atoms with Crippen molar-refractivity contribution in [2.24, 2.45) is 5.92 Å². The van der Waals surface area contributed by atoms with E-state index in [1.165, 1.54) is 18.3 Å². The molecule has 4 rings (SSSR count). The molecule has 2 aliphatic rings. The lowest BCUT2D eigenvalue weighted by Crippen LogP contribution is -2.42. The number of furan rings is 1. The first-order valence-electron chi connectivity index (χ1n) is 8.88. The summed E-state index contributed by atoms with van der Waals surface area (Å²) in [5, 5.41) is 2.16. The van der Waals surface area contributed by atoms with Crippen LogP contribution in [-0.2, 0) is 9.84 Å². The number of carbonyl (C=O) groups is 2. The minimum atomic E-state index is -3.41. The molecule has 0 radical (unpaired) electrons. The van der Waals surface area contributed by atoms with E-state index >= 15 is 0 Å². The predicted molar refractivity (Wildman–Crippen MR) is 99.9 cm³/mol. The van der Waals surface area contributed by atoms with E-state index in [1.54, 1.807) is 36.4 Å². The van der Waals surface area contributed by atoms with Gasteiger partial charge in [-0.25, -0.2) is 8.42 Å². The van der Waals surface area contributed by atoms with E-state index in [9.17, 15) is 18.0 Å². The van der Waals surface area contributed by atoms with Crippen LogP contribution in [0.25, 0.3) is 0 Å². The van der Waals surface area contributed by atoms with Crippen LogP contribution in [0.4, 0.5) is 0 Å². The van der Waals surface area contributed by atoms with E-state index in [0.29, 0.717) is 11.3 Å².